The van der Waals surface area contributed by atoms with E-state index < -0.39 is 0 Å². The molecule has 44 heavy (non-hydrogen) atoms. The van der Waals surface area contributed by atoms with Gasteiger partial charge in [0.25, 0.3) is 5.91 Å². The van der Waals surface area contributed by atoms with Crippen LogP contribution in [0.1, 0.15) is 79.6 Å². The molecule has 1 aromatic carbocycles. The van der Waals surface area contributed by atoms with Gasteiger partial charge in [0.05, 0.1) is 23.9 Å². The van der Waals surface area contributed by atoms with Crippen molar-refractivity contribution in [2.75, 3.05) is 58.5 Å². The monoisotopic (exact) mass is 608 g/mol. The van der Waals surface area contributed by atoms with Crippen LogP contribution in [0.25, 0.3) is 11.0 Å². The van der Waals surface area contributed by atoms with Gasteiger partial charge in [-0.15, -0.1) is 0 Å². The molecule has 0 saturated carbocycles. The summed E-state index contributed by atoms with van der Waals surface area (Å²) in [4.78, 5) is 20.3. The lowest BCUT2D eigenvalue weighted by molar-refractivity contribution is 0.0904. The van der Waals surface area contributed by atoms with E-state index in [0.717, 1.165) is 125 Å². The summed E-state index contributed by atoms with van der Waals surface area (Å²) in [6.45, 7) is 10.3. The maximum atomic E-state index is 13.2. The number of nitrogens with zero attached hydrogens (tertiary/aromatic N) is 4. The molecule has 3 heterocycles. The number of likely N-dealkylation sites (N-methyl/N-ethyl adjacent to an activating group) is 1. The minimum Gasteiger partial charge on any atom is -0.395 e. The molecule has 3 aromatic rings. The highest BCUT2D eigenvalue weighted by molar-refractivity contribution is 5.95. The van der Waals surface area contributed by atoms with Gasteiger partial charge in [-0.2, -0.15) is 5.10 Å². The third kappa shape index (κ3) is 9.72. The summed E-state index contributed by atoms with van der Waals surface area (Å²) in [5.74, 6) is -0.0871. The molecular formula is C34H52N6O4. The molecule has 1 saturated heterocycles. The number of benzene rings is 1. The van der Waals surface area contributed by atoms with E-state index in [9.17, 15) is 4.79 Å². The Labute approximate surface area is 262 Å². The van der Waals surface area contributed by atoms with Crippen molar-refractivity contribution in [1.82, 2.24) is 25.0 Å². The van der Waals surface area contributed by atoms with Gasteiger partial charge < -0.3 is 30.1 Å². The Kier molecular flexibility index (Phi) is 13.9. The van der Waals surface area contributed by atoms with Gasteiger partial charge in [0.1, 0.15) is 0 Å². The number of aromatic nitrogens is 3. The van der Waals surface area contributed by atoms with Crippen LogP contribution in [-0.2, 0) is 35.4 Å². The summed E-state index contributed by atoms with van der Waals surface area (Å²) in [5.41, 5.74) is 5.81. The van der Waals surface area contributed by atoms with Crippen LogP contribution in [0.4, 0.5) is 5.69 Å². The predicted octanol–water partition coefficient (Wildman–Crippen LogP) is 4.58. The molecule has 0 atom stereocenters. The van der Waals surface area contributed by atoms with E-state index in [-0.39, 0.29) is 12.5 Å². The first-order valence-electron chi connectivity index (χ1n) is 16.5. The van der Waals surface area contributed by atoms with Crippen molar-refractivity contribution in [1.29, 1.82) is 0 Å². The van der Waals surface area contributed by atoms with Crippen molar-refractivity contribution in [2.45, 2.75) is 84.3 Å². The zero-order valence-electron chi connectivity index (χ0n) is 26.9. The first kappa shape index (κ1) is 33.8. The molecule has 1 aliphatic rings. The van der Waals surface area contributed by atoms with Crippen LogP contribution >= 0.6 is 0 Å². The van der Waals surface area contributed by atoms with Gasteiger partial charge >= 0.3 is 0 Å². The lowest BCUT2D eigenvalue weighted by atomic mass is 10.0. The number of anilines is 1. The lowest BCUT2D eigenvalue weighted by Crippen LogP contribution is -2.30. The van der Waals surface area contributed by atoms with Crippen molar-refractivity contribution in [3.05, 3.63) is 52.8 Å². The number of rotatable bonds is 19. The molecule has 10 heteroatoms. The number of ether oxygens (including phenoxy) is 2. The van der Waals surface area contributed by atoms with E-state index in [1.54, 1.807) is 0 Å². The molecule has 0 spiro atoms. The number of carbonyl (C=O) groups excluding carboxylic acids is 1. The van der Waals surface area contributed by atoms with Gasteiger partial charge in [-0.05, 0) is 89.6 Å². The Morgan fingerprint density at radius 1 is 1.09 bits per heavy atom. The van der Waals surface area contributed by atoms with Crippen LogP contribution in [0, 0.1) is 0 Å². The highest BCUT2D eigenvalue weighted by Gasteiger charge is 2.22. The van der Waals surface area contributed by atoms with E-state index in [1.807, 2.05) is 30.1 Å². The highest BCUT2D eigenvalue weighted by atomic mass is 16.5. The van der Waals surface area contributed by atoms with Gasteiger partial charge in [0, 0.05) is 68.9 Å². The molecule has 1 amide bonds. The zero-order valence-corrected chi connectivity index (χ0v) is 26.9. The second-order valence-electron chi connectivity index (χ2n) is 11.7. The number of hydrogen-bond acceptors (Lipinski definition) is 8. The number of unbranched alkanes of at least 4 members (excludes halogenated alkanes) is 2. The van der Waals surface area contributed by atoms with Crippen molar-refractivity contribution in [3.63, 3.8) is 0 Å². The standard InChI is InChI=1S/C34H52N6O4/c1-4-31-29(32(37-28-15-22-44-23-16-28)30-25-36-40(5-2)33(30)38-31)24-35-34(42)27-13-11-26(12-14-27)10-6-8-20-43-21-9-7-17-39(3)18-19-41/h11-14,25,28,41H,4-10,15-24H2,1-3H3,(H,35,42)(H,37,38). The molecule has 4 rings (SSSR count). The van der Waals surface area contributed by atoms with Crippen LogP contribution in [0.2, 0.25) is 0 Å². The number of pyridine rings is 1. The second kappa shape index (κ2) is 18.0. The lowest BCUT2D eigenvalue weighted by Gasteiger charge is -2.26. The average Bonchev–Trinajstić information content (AvgIpc) is 3.47. The molecule has 10 nitrogen and oxygen atoms in total. The number of hydrogen-bond donors (Lipinski definition) is 3. The molecule has 0 unspecified atom stereocenters. The summed E-state index contributed by atoms with van der Waals surface area (Å²) in [6.07, 6.45) is 9.72. The predicted molar refractivity (Wildman–Crippen MR) is 175 cm³/mol. The Bertz CT molecular complexity index is 1290. The number of aryl methyl sites for hydroxylation is 3. The van der Waals surface area contributed by atoms with Crippen LogP contribution in [0.15, 0.2) is 30.5 Å². The van der Waals surface area contributed by atoms with Crippen molar-refractivity contribution in [2.24, 2.45) is 0 Å². The molecule has 242 valence electrons. The van der Waals surface area contributed by atoms with Crippen molar-refractivity contribution < 1.29 is 19.4 Å². The van der Waals surface area contributed by atoms with Crippen LogP contribution < -0.4 is 10.6 Å². The van der Waals surface area contributed by atoms with E-state index in [4.69, 9.17) is 19.6 Å². The van der Waals surface area contributed by atoms with Gasteiger partial charge in [-0.1, -0.05) is 19.1 Å². The van der Waals surface area contributed by atoms with Gasteiger partial charge in [0.15, 0.2) is 5.65 Å². The van der Waals surface area contributed by atoms with Gasteiger partial charge in [0.2, 0.25) is 0 Å². The zero-order chi connectivity index (χ0) is 31.1. The number of aliphatic hydroxyl groups is 1. The Hall–Kier alpha value is -3.05. The van der Waals surface area contributed by atoms with Crippen LogP contribution in [0.5, 0.6) is 0 Å². The molecule has 3 N–H and O–H groups in total. The summed E-state index contributed by atoms with van der Waals surface area (Å²) in [5, 5.41) is 21.5. The number of aliphatic hydroxyl groups excluding tert-OH is 1. The Balaban J connectivity index is 1.27. The molecule has 0 bridgehead atoms. The molecule has 1 aliphatic heterocycles. The molecular weight excluding hydrogens is 556 g/mol. The normalized spacial score (nSPS) is 14.0. The van der Waals surface area contributed by atoms with E-state index in [1.165, 1.54) is 5.56 Å². The third-order valence-corrected chi connectivity index (χ3v) is 8.38. The highest BCUT2D eigenvalue weighted by Crippen LogP contribution is 2.31. The molecule has 2 aromatic heterocycles. The third-order valence-electron chi connectivity index (χ3n) is 8.38. The SMILES string of the molecule is CCc1nc2c(cnn2CC)c(NC2CCOCC2)c1CNC(=O)c1ccc(CCCCOCCCCN(C)CCO)cc1. The minimum atomic E-state index is -0.0871. The number of fused-ring (bicyclic) bond motifs is 1. The fourth-order valence-corrected chi connectivity index (χ4v) is 5.70. The summed E-state index contributed by atoms with van der Waals surface area (Å²) < 4.78 is 13.3. The largest absolute Gasteiger partial charge is 0.395 e. The van der Waals surface area contributed by atoms with Crippen LogP contribution in [-0.4, -0.2) is 89.9 Å². The second-order valence-corrected chi connectivity index (χ2v) is 11.7. The first-order valence-corrected chi connectivity index (χ1v) is 16.5. The average molecular weight is 609 g/mol. The van der Waals surface area contributed by atoms with E-state index in [0.29, 0.717) is 18.2 Å². The van der Waals surface area contributed by atoms with Gasteiger partial charge in [-0.25, -0.2) is 9.67 Å². The maximum absolute atomic E-state index is 13.2. The number of amides is 1. The summed E-state index contributed by atoms with van der Waals surface area (Å²) in [7, 11) is 2.03. The molecule has 1 fully saturated rings. The fourth-order valence-electron chi connectivity index (χ4n) is 5.70. The minimum absolute atomic E-state index is 0.0871. The van der Waals surface area contributed by atoms with Crippen LogP contribution in [0.3, 0.4) is 0 Å². The number of nitrogens with one attached hydrogen (secondary N) is 2. The van der Waals surface area contributed by atoms with Crippen molar-refractivity contribution >= 4 is 22.6 Å². The molecule has 0 aliphatic carbocycles. The maximum Gasteiger partial charge on any atom is 0.251 e. The fraction of sp³-hybridized carbons (Fsp3) is 0.618. The Morgan fingerprint density at radius 2 is 1.84 bits per heavy atom. The summed E-state index contributed by atoms with van der Waals surface area (Å²) in [6, 6.07) is 8.27. The number of carbonyl (C=O) groups is 1. The first-order chi connectivity index (χ1) is 21.5. The Morgan fingerprint density at radius 3 is 2.55 bits per heavy atom. The smallest absolute Gasteiger partial charge is 0.251 e. The van der Waals surface area contributed by atoms with E-state index in [2.05, 4.69) is 46.6 Å². The van der Waals surface area contributed by atoms with Crippen molar-refractivity contribution in [3.8, 4) is 0 Å². The molecule has 0 radical (unpaired) electrons. The summed E-state index contributed by atoms with van der Waals surface area (Å²) >= 11 is 0. The quantitative estimate of drug-likeness (QED) is 0.170. The van der Waals surface area contributed by atoms with Gasteiger partial charge in [-0.3, -0.25) is 4.79 Å². The van der Waals surface area contributed by atoms with E-state index >= 15 is 0 Å². The topological polar surface area (TPSA) is 114 Å².